The van der Waals surface area contributed by atoms with Gasteiger partial charge in [-0.1, -0.05) is 83.9 Å². The second kappa shape index (κ2) is 9.20. The van der Waals surface area contributed by atoms with E-state index in [1.807, 2.05) is 55.5 Å². The summed E-state index contributed by atoms with van der Waals surface area (Å²) < 4.78 is 1.03. The van der Waals surface area contributed by atoms with Gasteiger partial charge >= 0.3 is 0 Å². The lowest BCUT2D eigenvalue weighted by Crippen LogP contribution is -2.16. The molecular weight excluding hydrogens is 410 g/mol. The molecule has 0 saturated carbocycles. The Morgan fingerprint density at radius 1 is 0.857 bits per heavy atom. The zero-order valence-electron chi connectivity index (χ0n) is 16.6. The molecule has 0 aliphatic heterocycles. The van der Waals surface area contributed by atoms with Gasteiger partial charge in [0.1, 0.15) is 0 Å². The van der Waals surface area contributed by atoms with Gasteiger partial charge in [0, 0.05) is 22.1 Å². The van der Waals surface area contributed by atoms with Crippen molar-refractivity contribution in [1.82, 2.24) is 0 Å². The minimum atomic E-state index is -0.0869. The number of halogens is 1. The van der Waals surface area contributed by atoms with Gasteiger partial charge in [-0.3, -0.25) is 4.79 Å². The van der Waals surface area contributed by atoms with Crippen LogP contribution < -0.4 is 5.32 Å². The summed E-state index contributed by atoms with van der Waals surface area (Å²) in [7, 11) is 0. The maximum absolute atomic E-state index is 12.9. The monoisotopic (exact) mass is 435 g/mol. The molecule has 1 N–H and O–H groups in total. The number of hydrogen-bond acceptors (Lipinski definition) is 2. The number of benzene rings is 3. The second-order valence-electron chi connectivity index (χ2n) is 7.52. The lowest BCUT2D eigenvalue weighted by Gasteiger charge is -2.21. The molecule has 0 saturated heterocycles. The van der Waals surface area contributed by atoms with Crippen LogP contribution in [-0.2, 0) is 0 Å². The molecule has 2 nitrogen and oxygen atoms in total. The Bertz CT molecular complexity index is 912. The summed E-state index contributed by atoms with van der Waals surface area (Å²) in [5, 5.41) is 3.54. The van der Waals surface area contributed by atoms with Gasteiger partial charge in [0.05, 0.1) is 6.04 Å². The molecule has 144 valence electrons. The van der Waals surface area contributed by atoms with Crippen molar-refractivity contribution in [2.75, 3.05) is 5.32 Å². The number of nitrogens with one attached hydrogen (secondary N) is 1. The van der Waals surface area contributed by atoms with E-state index in [2.05, 4.69) is 59.4 Å². The number of aryl methyl sites for hydroxylation is 1. The highest BCUT2D eigenvalue weighted by Gasteiger charge is 2.18. The Labute approximate surface area is 176 Å². The van der Waals surface area contributed by atoms with Gasteiger partial charge in [0.25, 0.3) is 0 Å². The summed E-state index contributed by atoms with van der Waals surface area (Å²) >= 11 is 3.47. The van der Waals surface area contributed by atoms with Crippen LogP contribution in [-0.4, -0.2) is 5.78 Å². The Balaban J connectivity index is 1.85. The fourth-order valence-corrected chi connectivity index (χ4v) is 3.42. The Morgan fingerprint density at radius 3 is 2.00 bits per heavy atom. The van der Waals surface area contributed by atoms with E-state index >= 15 is 0 Å². The number of anilines is 1. The van der Waals surface area contributed by atoms with Crippen LogP contribution in [0, 0.1) is 6.92 Å². The van der Waals surface area contributed by atoms with E-state index in [0.29, 0.717) is 12.3 Å². The molecule has 1 atom stereocenters. The van der Waals surface area contributed by atoms with Crippen molar-refractivity contribution in [2.24, 2.45) is 0 Å². The fraction of sp³-hybridized carbons (Fsp3) is 0.240. The molecule has 0 radical (unpaired) electrons. The summed E-state index contributed by atoms with van der Waals surface area (Å²) in [5.41, 5.74) is 5.33. The largest absolute Gasteiger partial charge is 0.378 e. The van der Waals surface area contributed by atoms with Gasteiger partial charge in [-0.25, -0.2) is 0 Å². The smallest absolute Gasteiger partial charge is 0.165 e. The van der Waals surface area contributed by atoms with Crippen molar-refractivity contribution < 1.29 is 4.79 Å². The Kier molecular flexibility index (Phi) is 6.69. The summed E-state index contributed by atoms with van der Waals surface area (Å²) in [6.07, 6.45) is 0.403. The van der Waals surface area contributed by atoms with E-state index in [9.17, 15) is 4.79 Å². The number of rotatable bonds is 7. The van der Waals surface area contributed by atoms with Gasteiger partial charge in [-0.2, -0.15) is 0 Å². The summed E-state index contributed by atoms with van der Waals surface area (Å²) in [5.74, 6) is 0.628. The van der Waals surface area contributed by atoms with Crippen LogP contribution in [0.25, 0.3) is 0 Å². The highest BCUT2D eigenvalue weighted by Crippen LogP contribution is 2.27. The van der Waals surface area contributed by atoms with E-state index in [-0.39, 0.29) is 11.8 Å². The first-order valence-electron chi connectivity index (χ1n) is 9.64. The first kappa shape index (κ1) is 20.3. The molecule has 0 bridgehead atoms. The minimum absolute atomic E-state index is 0.0869. The standard InChI is InChI=1S/C25H26BrNO/c1-17(2)19-8-10-20(11-9-19)24(27-23-14-12-22(26)13-15-23)16-25(28)21-6-4-18(3)5-7-21/h4-15,17,24,27H,16H2,1-3H3/t24-/m0/s1. The lowest BCUT2D eigenvalue weighted by molar-refractivity contribution is 0.0976. The summed E-state index contributed by atoms with van der Waals surface area (Å²) in [6, 6.07) is 24.4. The quantitative estimate of drug-likeness (QED) is 0.394. The minimum Gasteiger partial charge on any atom is -0.378 e. The molecule has 3 aromatic carbocycles. The van der Waals surface area contributed by atoms with E-state index in [1.54, 1.807) is 0 Å². The molecule has 28 heavy (non-hydrogen) atoms. The van der Waals surface area contributed by atoms with Crippen LogP contribution in [0.4, 0.5) is 5.69 Å². The van der Waals surface area contributed by atoms with E-state index in [0.717, 1.165) is 26.9 Å². The maximum Gasteiger partial charge on any atom is 0.165 e. The van der Waals surface area contributed by atoms with Crippen molar-refractivity contribution in [3.63, 3.8) is 0 Å². The molecule has 3 heteroatoms. The lowest BCUT2D eigenvalue weighted by atomic mass is 9.94. The van der Waals surface area contributed by atoms with Crippen molar-refractivity contribution in [3.05, 3.63) is 99.5 Å². The molecule has 0 aromatic heterocycles. The summed E-state index contributed by atoms with van der Waals surface area (Å²) in [6.45, 7) is 6.41. The van der Waals surface area contributed by atoms with Crippen molar-refractivity contribution in [2.45, 2.75) is 39.2 Å². The molecule has 0 heterocycles. The summed E-state index contributed by atoms with van der Waals surface area (Å²) in [4.78, 5) is 12.9. The Hall–Kier alpha value is -2.39. The predicted octanol–water partition coefficient (Wildman–Crippen LogP) is 7.31. The molecule has 0 aliphatic carbocycles. The fourth-order valence-electron chi connectivity index (χ4n) is 3.16. The van der Waals surface area contributed by atoms with E-state index in [1.165, 1.54) is 5.56 Å². The molecule has 3 rings (SSSR count). The van der Waals surface area contributed by atoms with Gasteiger partial charge in [0.2, 0.25) is 0 Å². The first-order valence-corrected chi connectivity index (χ1v) is 10.4. The van der Waals surface area contributed by atoms with Gasteiger partial charge < -0.3 is 5.32 Å². The number of hydrogen-bond donors (Lipinski definition) is 1. The molecule has 3 aromatic rings. The Morgan fingerprint density at radius 2 is 1.43 bits per heavy atom. The molecular formula is C25H26BrNO. The normalized spacial score (nSPS) is 12.0. The van der Waals surface area contributed by atoms with Gasteiger partial charge in [-0.05, 0) is 48.2 Å². The number of Topliss-reactive ketones (excluding diaryl/α,β-unsaturated/α-hetero) is 1. The third kappa shape index (κ3) is 5.32. The number of carbonyl (C=O) groups is 1. The number of ketones is 1. The van der Waals surface area contributed by atoms with Crippen LogP contribution in [0.3, 0.4) is 0 Å². The first-order chi connectivity index (χ1) is 13.4. The third-order valence-corrected chi connectivity index (χ3v) is 5.48. The van der Waals surface area contributed by atoms with Crippen LogP contribution >= 0.6 is 15.9 Å². The van der Waals surface area contributed by atoms with Crippen molar-refractivity contribution >= 4 is 27.4 Å². The average molecular weight is 436 g/mol. The van der Waals surface area contributed by atoms with Crippen LogP contribution in [0.5, 0.6) is 0 Å². The molecule has 0 aliphatic rings. The zero-order valence-corrected chi connectivity index (χ0v) is 18.2. The predicted molar refractivity (Wildman–Crippen MR) is 121 cm³/mol. The zero-order chi connectivity index (χ0) is 20.1. The highest BCUT2D eigenvalue weighted by atomic mass is 79.9. The van der Waals surface area contributed by atoms with E-state index in [4.69, 9.17) is 0 Å². The maximum atomic E-state index is 12.9. The molecule has 0 unspecified atom stereocenters. The van der Waals surface area contributed by atoms with Crippen molar-refractivity contribution in [3.8, 4) is 0 Å². The van der Waals surface area contributed by atoms with Gasteiger partial charge in [0.15, 0.2) is 5.78 Å². The van der Waals surface area contributed by atoms with Crippen LogP contribution in [0.1, 0.15) is 59.3 Å². The topological polar surface area (TPSA) is 29.1 Å². The van der Waals surface area contributed by atoms with E-state index < -0.39 is 0 Å². The highest BCUT2D eigenvalue weighted by molar-refractivity contribution is 9.10. The second-order valence-corrected chi connectivity index (χ2v) is 8.43. The SMILES string of the molecule is Cc1ccc(C(=O)C[C@H](Nc2ccc(Br)cc2)c2ccc(C(C)C)cc2)cc1. The molecule has 0 amide bonds. The number of carbonyl (C=O) groups excluding carboxylic acids is 1. The van der Waals surface area contributed by atoms with Crippen LogP contribution in [0.15, 0.2) is 77.3 Å². The molecule has 0 fully saturated rings. The van der Waals surface area contributed by atoms with Crippen LogP contribution in [0.2, 0.25) is 0 Å². The van der Waals surface area contributed by atoms with Gasteiger partial charge in [-0.15, -0.1) is 0 Å². The third-order valence-electron chi connectivity index (χ3n) is 4.95. The molecule has 0 spiro atoms. The van der Waals surface area contributed by atoms with Crippen molar-refractivity contribution in [1.29, 1.82) is 0 Å². The average Bonchev–Trinajstić information content (AvgIpc) is 2.69.